The molecule has 0 aliphatic carbocycles. The van der Waals surface area contributed by atoms with Crippen LogP contribution in [0, 0.1) is 0 Å². The smallest absolute Gasteiger partial charge is 0.422 e. The Bertz CT molecular complexity index is 1290. The molecule has 0 atom stereocenters. The molecule has 0 radical (unpaired) electrons. The van der Waals surface area contributed by atoms with Crippen molar-refractivity contribution in [3.8, 4) is 17.2 Å². The number of aromatic nitrogens is 2. The van der Waals surface area contributed by atoms with Gasteiger partial charge in [-0.25, -0.2) is 18.4 Å². The van der Waals surface area contributed by atoms with E-state index >= 15 is 0 Å². The van der Waals surface area contributed by atoms with E-state index in [2.05, 4.69) is 15.3 Å². The highest BCUT2D eigenvalue weighted by Crippen LogP contribution is 2.38. The zero-order valence-corrected chi connectivity index (χ0v) is 20.0. The predicted octanol–water partition coefficient (Wildman–Crippen LogP) is 4.14. The van der Waals surface area contributed by atoms with Gasteiger partial charge in [0, 0.05) is 19.2 Å². The molecular weight excluding hydrogens is 491 g/mol. The number of alkyl halides is 3. The first-order valence-corrected chi connectivity index (χ1v) is 12.0. The van der Waals surface area contributed by atoms with Crippen molar-refractivity contribution >= 4 is 32.2 Å². The van der Waals surface area contributed by atoms with Gasteiger partial charge in [0.05, 0.1) is 41.0 Å². The molecule has 1 heterocycles. The van der Waals surface area contributed by atoms with Crippen LogP contribution in [0.4, 0.5) is 24.7 Å². The standard InChI is InChI=1S/C22H24F3N3O6S/c1-4-35(29,30)15-5-6-18(34-12-22(23,24)25)16(11-15)28-21-20-17(26-13-27-21)9-14(32-3)10-19(20)33-8-7-31-2/h5-6,9-11,13H,4,7-8,12H2,1-3H3,(H,26,27,28). The number of sulfone groups is 1. The van der Waals surface area contributed by atoms with Gasteiger partial charge >= 0.3 is 6.18 Å². The summed E-state index contributed by atoms with van der Waals surface area (Å²) in [5.74, 6) is 0.546. The Morgan fingerprint density at radius 1 is 1.00 bits per heavy atom. The van der Waals surface area contributed by atoms with Crippen LogP contribution in [0.15, 0.2) is 41.6 Å². The van der Waals surface area contributed by atoms with Gasteiger partial charge in [-0.15, -0.1) is 0 Å². The van der Waals surface area contributed by atoms with Crippen molar-refractivity contribution in [3.63, 3.8) is 0 Å². The van der Waals surface area contributed by atoms with Crippen molar-refractivity contribution in [3.05, 3.63) is 36.7 Å². The van der Waals surface area contributed by atoms with Gasteiger partial charge in [0.25, 0.3) is 0 Å². The van der Waals surface area contributed by atoms with Gasteiger partial charge in [-0.1, -0.05) is 6.92 Å². The summed E-state index contributed by atoms with van der Waals surface area (Å²) in [6.45, 7) is 0.388. The van der Waals surface area contributed by atoms with E-state index in [1.54, 1.807) is 12.1 Å². The number of hydrogen-bond acceptors (Lipinski definition) is 9. The van der Waals surface area contributed by atoms with Gasteiger partial charge in [-0.2, -0.15) is 13.2 Å². The number of fused-ring (bicyclic) bond motifs is 1. The van der Waals surface area contributed by atoms with Crippen LogP contribution < -0.4 is 19.5 Å². The van der Waals surface area contributed by atoms with Crippen LogP contribution in [0.2, 0.25) is 0 Å². The zero-order valence-electron chi connectivity index (χ0n) is 19.2. The van der Waals surface area contributed by atoms with Gasteiger partial charge in [-0.05, 0) is 18.2 Å². The fourth-order valence-electron chi connectivity index (χ4n) is 3.07. The summed E-state index contributed by atoms with van der Waals surface area (Å²) in [6.07, 6.45) is -3.35. The number of nitrogens with one attached hydrogen (secondary N) is 1. The van der Waals surface area contributed by atoms with Gasteiger partial charge in [-0.3, -0.25) is 0 Å². The molecule has 1 N–H and O–H groups in total. The Kier molecular flexibility index (Phi) is 8.22. The molecule has 1 aromatic heterocycles. The minimum Gasteiger partial charge on any atom is -0.497 e. The average Bonchev–Trinajstić information content (AvgIpc) is 2.82. The minimum atomic E-state index is -4.59. The van der Waals surface area contributed by atoms with Gasteiger partial charge in [0.15, 0.2) is 16.4 Å². The summed E-state index contributed by atoms with van der Waals surface area (Å²) in [5, 5.41) is 3.29. The number of methoxy groups -OCH3 is 2. The van der Waals surface area contributed by atoms with Gasteiger partial charge < -0.3 is 24.3 Å². The third kappa shape index (κ3) is 6.63. The molecule has 0 saturated heterocycles. The molecular formula is C22H24F3N3O6S. The summed E-state index contributed by atoms with van der Waals surface area (Å²) in [6, 6.07) is 6.79. The highest BCUT2D eigenvalue weighted by atomic mass is 32.2. The second kappa shape index (κ2) is 11.0. The highest BCUT2D eigenvalue weighted by Gasteiger charge is 2.29. The number of hydrogen-bond donors (Lipinski definition) is 1. The van der Waals surface area contributed by atoms with E-state index < -0.39 is 22.6 Å². The third-order valence-electron chi connectivity index (χ3n) is 4.79. The summed E-state index contributed by atoms with van der Waals surface area (Å²) < 4.78 is 84.2. The van der Waals surface area contributed by atoms with Crippen molar-refractivity contribution < 1.29 is 40.5 Å². The molecule has 0 aliphatic heterocycles. The number of anilines is 2. The Hall–Kier alpha value is -3.32. The molecule has 2 aromatic carbocycles. The molecule has 13 heteroatoms. The van der Waals surface area contributed by atoms with E-state index in [1.165, 1.54) is 45.7 Å². The minimum absolute atomic E-state index is 0.0255. The van der Waals surface area contributed by atoms with Crippen molar-refractivity contribution in [1.29, 1.82) is 0 Å². The van der Waals surface area contributed by atoms with E-state index in [0.29, 0.717) is 29.0 Å². The fraction of sp³-hybridized carbons (Fsp3) is 0.364. The predicted molar refractivity (Wildman–Crippen MR) is 122 cm³/mol. The lowest BCUT2D eigenvalue weighted by Gasteiger charge is -2.17. The number of nitrogens with zero attached hydrogens (tertiary/aromatic N) is 2. The summed E-state index contributed by atoms with van der Waals surface area (Å²) >= 11 is 0. The van der Waals surface area contributed by atoms with Crippen molar-refractivity contribution in [1.82, 2.24) is 9.97 Å². The Labute approximate surface area is 200 Å². The monoisotopic (exact) mass is 515 g/mol. The van der Waals surface area contributed by atoms with E-state index in [9.17, 15) is 21.6 Å². The van der Waals surface area contributed by atoms with E-state index in [0.717, 1.165) is 0 Å². The first kappa shape index (κ1) is 26.3. The highest BCUT2D eigenvalue weighted by molar-refractivity contribution is 7.91. The summed E-state index contributed by atoms with van der Waals surface area (Å²) in [7, 11) is -0.660. The molecule has 35 heavy (non-hydrogen) atoms. The molecule has 3 rings (SSSR count). The molecule has 0 aliphatic rings. The molecule has 9 nitrogen and oxygen atoms in total. The molecule has 0 fully saturated rings. The van der Waals surface area contributed by atoms with Crippen molar-refractivity contribution in [2.24, 2.45) is 0 Å². The summed E-state index contributed by atoms with van der Waals surface area (Å²) in [4.78, 5) is 8.35. The number of ether oxygens (including phenoxy) is 4. The van der Waals surface area contributed by atoms with Crippen molar-refractivity contribution in [2.75, 3.05) is 45.1 Å². The molecule has 190 valence electrons. The van der Waals surface area contributed by atoms with Crippen LogP contribution in [0.5, 0.6) is 17.2 Å². The van der Waals surface area contributed by atoms with E-state index in [4.69, 9.17) is 18.9 Å². The molecule has 0 unspecified atom stereocenters. The quantitative estimate of drug-likeness (QED) is 0.377. The van der Waals surface area contributed by atoms with Crippen LogP contribution in [0.25, 0.3) is 10.9 Å². The lowest BCUT2D eigenvalue weighted by atomic mass is 10.2. The topological polar surface area (TPSA) is 109 Å². The summed E-state index contributed by atoms with van der Waals surface area (Å²) in [5.41, 5.74) is 0.395. The maximum atomic E-state index is 12.8. The maximum Gasteiger partial charge on any atom is 0.422 e. The molecule has 0 saturated carbocycles. The van der Waals surface area contributed by atoms with Crippen LogP contribution in [0.3, 0.4) is 0 Å². The molecule has 0 bridgehead atoms. The lowest BCUT2D eigenvalue weighted by molar-refractivity contribution is -0.153. The SMILES string of the molecule is CCS(=O)(=O)c1ccc(OCC(F)(F)F)c(Nc2ncnc3cc(OC)cc(OCCOC)c23)c1. The molecule has 0 spiro atoms. The lowest BCUT2D eigenvalue weighted by Crippen LogP contribution is -2.19. The number of rotatable bonds is 11. The van der Waals surface area contributed by atoms with Gasteiger partial charge in [0.2, 0.25) is 0 Å². The number of halogens is 3. The van der Waals surface area contributed by atoms with Crippen LogP contribution in [0.1, 0.15) is 6.92 Å². The Morgan fingerprint density at radius 3 is 2.43 bits per heavy atom. The van der Waals surface area contributed by atoms with E-state index in [-0.39, 0.29) is 34.5 Å². The Morgan fingerprint density at radius 2 is 1.77 bits per heavy atom. The maximum absolute atomic E-state index is 12.8. The van der Waals surface area contributed by atoms with Gasteiger partial charge in [0.1, 0.15) is 36.0 Å². The van der Waals surface area contributed by atoms with Crippen LogP contribution in [-0.4, -0.2) is 64.4 Å². The first-order valence-electron chi connectivity index (χ1n) is 10.4. The normalized spacial score (nSPS) is 11.9. The average molecular weight is 516 g/mol. The van der Waals surface area contributed by atoms with Crippen LogP contribution in [-0.2, 0) is 14.6 Å². The number of benzene rings is 2. The van der Waals surface area contributed by atoms with Crippen molar-refractivity contribution in [2.45, 2.75) is 18.0 Å². The largest absolute Gasteiger partial charge is 0.497 e. The second-order valence-corrected chi connectivity index (χ2v) is 9.45. The fourth-order valence-corrected chi connectivity index (χ4v) is 3.98. The first-order chi connectivity index (χ1) is 16.6. The zero-order chi connectivity index (χ0) is 25.6. The second-order valence-electron chi connectivity index (χ2n) is 7.17. The molecule has 0 amide bonds. The van der Waals surface area contributed by atoms with Crippen LogP contribution >= 0.6 is 0 Å². The molecule has 3 aromatic rings. The van der Waals surface area contributed by atoms with E-state index in [1.807, 2.05) is 0 Å². The Balaban J connectivity index is 2.12. The third-order valence-corrected chi connectivity index (χ3v) is 6.52.